The first-order chi connectivity index (χ1) is 10.1. The van der Waals surface area contributed by atoms with Crippen molar-refractivity contribution in [3.05, 3.63) is 11.9 Å². The summed E-state index contributed by atoms with van der Waals surface area (Å²) < 4.78 is 7.60. The summed E-state index contributed by atoms with van der Waals surface area (Å²) in [5, 5.41) is 0. The molecule has 120 valence electrons. The molecule has 5 heteroatoms. The lowest BCUT2D eigenvalue weighted by Gasteiger charge is -2.39. The number of aromatic nitrogens is 2. The highest BCUT2D eigenvalue weighted by molar-refractivity contribution is 5.37. The van der Waals surface area contributed by atoms with E-state index < -0.39 is 0 Å². The van der Waals surface area contributed by atoms with Crippen molar-refractivity contribution in [2.24, 2.45) is 11.7 Å². The maximum Gasteiger partial charge on any atom is 0.206 e. The zero-order chi connectivity index (χ0) is 15.4. The minimum atomic E-state index is 0.295. The van der Waals surface area contributed by atoms with Gasteiger partial charge in [-0.2, -0.15) is 0 Å². The van der Waals surface area contributed by atoms with Crippen molar-refractivity contribution < 1.29 is 4.74 Å². The number of piperidine rings is 1. The highest BCUT2D eigenvalue weighted by Crippen LogP contribution is 2.29. The molecule has 0 saturated carbocycles. The Morgan fingerprint density at radius 1 is 1.48 bits per heavy atom. The summed E-state index contributed by atoms with van der Waals surface area (Å²) in [6.45, 7) is 9.10. The van der Waals surface area contributed by atoms with Gasteiger partial charge in [0.25, 0.3) is 0 Å². The Labute approximate surface area is 128 Å². The van der Waals surface area contributed by atoms with Crippen molar-refractivity contribution in [1.29, 1.82) is 0 Å². The smallest absolute Gasteiger partial charge is 0.206 e. The maximum atomic E-state index is 5.89. The van der Waals surface area contributed by atoms with Crippen LogP contribution in [0.25, 0.3) is 0 Å². The quantitative estimate of drug-likeness (QED) is 0.874. The number of hydrogen-bond donors (Lipinski definition) is 1. The fourth-order valence-electron chi connectivity index (χ4n) is 3.12. The average molecular weight is 294 g/mol. The van der Waals surface area contributed by atoms with Crippen LogP contribution >= 0.6 is 0 Å². The Kier molecular flexibility index (Phi) is 5.65. The minimum Gasteiger partial charge on any atom is -0.383 e. The molecule has 0 amide bonds. The van der Waals surface area contributed by atoms with E-state index in [1.165, 1.54) is 12.8 Å². The third-order valence-corrected chi connectivity index (χ3v) is 4.58. The zero-order valence-electron chi connectivity index (χ0n) is 13.9. The molecule has 0 aromatic carbocycles. The molecule has 2 heterocycles. The molecule has 0 spiro atoms. The van der Waals surface area contributed by atoms with Crippen molar-refractivity contribution in [1.82, 2.24) is 9.55 Å². The van der Waals surface area contributed by atoms with Crippen LogP contribution in [-0.2, 0) is 11.2 Å². The van der Waals surface area contributed by atoms with E-state index in [2.05, 4.69) is 36.4 Å². The van der Waals surface area contributed by atoms with Crippen molar-refractivity contribution in [3.8, 4) is 0 Å². The van der Waals surface area contributed by atoms with Crippen LogP contribution in [0.4, 0.5) is 5.95 Å². The monoisotopic (exact) mass is 294 g/mol. The van der Waals surface area contributed by atoms with Crippen molar-refractivity contribution >= 4 is 5.95 Å². The molecule has 2 N–H and O–H groups in total. The number of aryl methyl sites for hydroxylation is 1. The highest BCUT2D eigenvalue weighted by Gasteiger charge is 2.29. The fraction of sp³-hybridized carbons (Fsp3) is 0.812. The first-order valence-corrected chi connectivity index (χ1v) is 8.14. The summed E-state index contributed by atoms with van der Waals surface area (Å²) in [6, 6.07) is 0.816. The van der Waals surface area contributed by atoms with Gasteiger partial charge in [-0.1, -0.05) is 6.92 Å². The Balaban J connectivity index is 2.29. The van der Waals surface area contributed by atoms with Crippen LogP contribution in [0, 0.1) is 5.92 Å². The molecule has 0 aliphatic carbocycles. The lowest BCUT2D eigenvalue weighted by molar-refractivity contribution is 0.162. The number of hydrogen-bond acceptors (Lipinski definition) is 4. The van der Waals surface area contributed by atoms with Gasteiger partial charge in [-0.3, -0.25) is 0 Å². The molecular formula is C16H30N4O. The van der Waals surface area contributed by atoms with Gasteiger partial charge < -0.3 is 19.9 Å². The second kappa shape index (κ2) is 7.27. The average Bonchev–Trinajstić information content (AvgIpc) is 2.92. The number of nitrogens with zero attached hydrogens (tertiary/aromatic N) is 3. The second-order valence-corrected chi connectivity index (χ2v) is 6.28. The van der Waals surface area contributed by atoms with Crippen molar-refractivity contribution in [3.63, 3.8) is 0 Å². The van der Waals surface area contributed by atoms with E-state index in [1.807, 2.05) is 0 Å². The molecule has 1 aromatic heterocycles. The number of nitrogens with two attached hydrogens (primary N) is 1. The predicted molar refractivity (Wildman–Crippen MR) is 86.8 cm³/mol. The van der Waals surface area contributed by atoms with Gasteiger partial charge in [0.15, 0.2) is 0 Å². The Morgan fingerprint density at radius 2 is 2.24 bits per heavy atom. The van der Waals surface area contributed by atoms with Crippen LogP contribution in [0.2, 0.25) is 0 Å². The molecule has 3 unspecified atom stereocenters. The van der Waals surface area contributed by atoms with E-state index in [4.69, 9.17) is 15.5 Å². The van der Waals surface area contributed by atoms with Crippen LogP contribution in [0.3, 0.4) is 0 Å². The van der Waals surface area contributed by atoms with E-state index in [0.717, 1.165) is 31.2 Å². The fourth-order valence-corrected chi connectivity index (χ4v) is 3.12. The summed E-state index contributed by atoms with van der Waals surface area (Å²) in [4.78, 5) is 7.30. The van der Waals surface area contributed by atoms with Crippen LogP contribution in [-0.4, -0.2) is 42.4 Å². The molecule has 3 atom stereocenters. The predicted octanol–water partition coefficient (Wildman–Crippen LogP) is 2.22. The van der Waals surface area contributed by atoms with Gasteiger partial charge >= 0.3 is 0 Å². The van der Waals surface area contributed by atoms with Gasteiger partial charge in [0, 0.05) is 25.9 Å². The molecule has 1 aliphatic heterocycles. The van der Waals surface area contributed by atoms with E-state index in [-0.39, 0.29) is 0 Å². The van der Waals surface area contributed by atoms with Crippen molar-refractivity contribution in [2.45, 2.75) is 52.1 Å². The SMILES string of the molecule is CCc1cn(C(C)COC)c(N2CC(CN)CCC2C)n1. The summed E-state index contributed by atoms with van der Waals surface area (Å²) >= 11 is 0. The summed E-state index contributed by atoms with van der Waals surface area (Å²) in [5.41, 5.74) is 7.04. The summed E-state index contributed by atoms with van der Waals surface area (Å²) in [7, 11) is 1.75. The first kappa shape index (κ1) is 16.3. The molecule has 1 aromatic rings. The lowest BCUT2D eigenvalue weighted by Crippen LogP contribution is -2.45. The van der Waals surface area contributed by atoms with Crippen molar-refractivity contribution in [2.75, 3.05) is 31.7 Å². The van der Waals surface area contributed by atoms with Gasteiger partial charge in [0.2, 0.25) is 5.95 Å². The van der Waals surface area contributed by atoms with Gasteiger partial charge in [-0.05, 0) is 45.6 Å². The van der Waals surface area contributed by atoms with E-state index in [0.29, 0.717) is 24.6 Å². The normalized spacial score (nSPS) is 24.3. The van der Waals surface area contributed by atoms with Gasteiger partial charge in [0.05, 0.1) is 18.3 Å². The van der Waals surface area contributed by atoms with Crippen LogP contribution < -0.4 is 10.6 Å². The standard InChI is InChI=1S/C16H30N4O/c1-5-15-10-20(13(3)11-21-4)16(18-15)19-9-14(8-17)7-6-12(19)2/h10,12-14H,5-9,11,17H2,1-4H3. The Hall–Kier alpha value is -1.07. The van der Waals surface area contributed by atoms with Crippen LogP contribution in [0.1, 0.15) is 45.3 Å². The molecule has 0 bridgehead atoms. The van der Waals surface area contributed by atoms with Crippen LogP contribution in [0.15, 0.2) is 6.20 Å². The highest BCUT2D eigenvalue weighted by atomic mass is 16.5. The largest absolute Gasteiger partial charge is 0.383 e. The Morgan fingerprint density at radius 3 is 2.86 bits per heavy atom. The van der Waals surface area contributed by atoms with Gasteiger partial charge in [-0.25, -0.2) is 4.98 Å². The Bertz CT molecular complexity index is 445. The summed E-state index contributed by atoms with van der Waals surface area (Å²) in [6.07, 6.45) is 5.55. The summed E-state index contributed by atoms with van der Waals surface area (Å²) in [5.74, 6) is 1.66. The molecule has 1 fully saturated rings. The number of anilines is 1. The molecule has 0 radical (unpaired) electrons. The molecular weight excluding hydrogens is 264 g/mol. The second-order valence-electron chi connectivity index (χ2n) is 6.28. The van der Waals surface area contributed by atoms with E-state index in [9.17, 15) is 0 Å². The maximum absolute atomic E-state index is 5.89. The number of rotatable bonds is 6. The molecule has 1 saturated heterocycles. The number of methoxy groups -OCH3 is 1. The molecule has 1 aliphatic rings. The number of imidazole rings is 1. The minimum absolute atomic E-state index is 0.295. The van der Waals surface area contributed by atoms with Gasteiger partial charge in [-0.15, -0.1) is 0 Å². The number of ether oxygens (including phenoxy) is 1. The molecule has 2 rings (SSSR count). The first-order valence-electron chi connectivity index (χ1n) is 8.14. The molecule has 21 heavy (non-hydrogen) atoms. The van der Waals surface area contributed by atoms with Crippen LogP contribution in [0.5, 0.6) is 0 Å². The molecule has 5 nitrogen and oxygen atoms in total. The zero-order valence-corrected chi connectivity index (χ0v) is 13.9. The van der Waals surface area contributed by atoms with E-state index >= 15 is 0 Å². The third kappa shape index (κ3) is 3.58. The third-order valence-electron chi connectivity index (χ3n) is 4.58. The topological polar surface area (TPSA) is 56.3 Å². The van der Waals surface area contributed by atoms with Gasteiger partial charge in [0.1, 0.15) is 0 Å². The lowest BCUT2D eigenvalue weighted by atomic mass is 9.94. The van der Waals surface area contributed by atoms with E-state index in [1.54, 1.807) is 7.11 Å².